The molecule has 1 saturated heterocycles. The largest absolute Gasteiger partial charge is 0.304 e. The normalized spacial score (nSPS) is 18.2. The molecule has 100 valence electrons. The lowest BCUT2D eigenvalue weighted by Gasteiger charge is -2.32. The monoisotopic (exact) mass is 250 g/mol. The summed E-state index contributed by atoms with van der Waals surface area (Å²) in [5.41, 5.74) is 2.56. The van der Waals surface area contributed by atoms with Gasteiger partial charge < -0.3 is 4.90 Å². The highest BCUT2D eigenvalue weighted by molar-refractivity contribution is 5.77. The molecule has 0 bridgehead atoms. The van der Waals surface area contributed by atoms with Gasteiger partial charge in [-0.25, -0.2) is 0 Å². The van der Waals surface area contributed by atoms with Gasteiger partial charge in [0.1, 0.15) is 0 Å². The molecule has 0 saturated carbocycles. The van der Waals surface area contributed by atoms with E-state index in [0.29, 0.717) is 0 Å². The van der Waals surface area contributed by atoms with E-state index in [0.717, 1.165) is 62.5 Å². The van der Waals surface area contributed by atoms with Crippen molar-refractivity contribution in [2.75, 3.05) is 39.8 Å². The molecule has 0 atom stereocenters. The van der Waals surface area contributed by atoms with Crippen molar-refractivity contribution >= 4 is 6.29 Å². The summed E-state index contributed by atoms with van der Waals surface area (Å²) in [4.78, 5) is 15.7. The number of carbonyl (C=O) groups excluding carboxylic acids is 1. The summed E-state index contributed by atoms with van der Waals surface area (Å²) in [7, 11) is 2.16. The zero-order chi connectivity index (χ0) is 13.1. The maximum absolute atomic E-state index is 10.9. The number of nitrogens with zero attached hydrogens (tertiary/aromatic N) is 4. The minimum atomic E-state index is 0.744. The molecular formula is C13H22N4O. The van der Waals surface area contributed by atoms with E-state index in [1.165, 1.54) is 0 Å². The van der Waals surface area contributed by atoms with E-state index in [2.05, 4.69) is 21.9 Å². The lowest BCUT2D eigenvalue weighted by molar-refractivity contribution is 0.112. The highest BCUT2D eigenvalue weighted by atomic mass is 16.1. The molecule has 5 nitrogen and oxygen atoms in total. The summed E-state index contributed by atoms with van der Waals surface area (Å²) < 4.78 is 1.96. The first kappa shape index (κ1) is 13.2. The molecule has 0 unspecified atom stereocenters. The van der Waals surface area contributed by atoms with E-state index in [1.54, 1.807) is 0 Å². The molecular weight excluding hydrogens is 228 g/mol. The zero-order valence-corrected chi connectivity index (χ0v) is 11.5. The molecule has 0 aliphatic carbocycles. The standard InChI is InChI=1S/C13H22N4O/c1-11-13(10-18)12(2)17(14-11)9-8-16-6-4-15(3)5-7-16/h10H,4-9H2,1-3H3. The number of carbonyl (C=O) groups is 1. The van der Waals surface area contributed by atoms with Crippen LogP contribution >= 0.6 is 0 Å². The lowest BCUT2D eigenvalue weighted by Crippen LogP contribution is -2.45. The number of rotatable bonds is 4. The van der Waals surface area contributed by atoms with Crippen molar-refractivity contribution in [1.82, 2.24) is 19.6 Å². The van der Waals surface area contributed by atoms with Crippen molar-refractivity contribution in [3.63, 3.8) is 0 Å². The first-order chi connectivity index (χ1) is 8.61. The third kappa shape index (κ3) is 2.79. The second kappa shape index (κ2) is 5.63. The van der Waals surface area contributed by atoms with Crippen LogP contribution < -0.4 is 0 Å². The quantitative estimate of drug-likeness (QED) is 0.732. The molecule has 2 heterocycles. The minimum Gasteiger partial charge on any atom is -0.304 e. The Kier molecular flexibility index (Phi) is 4.14. The number of piperazine rings is 1. The fraction of sp³-hybridized carbons (Fsp3) is 0.692. The van der Waals surface area contributed by atoms with Crippen LogP contribution in [0.5, 0.6) is 0 Å². The highest BCUT2D eigenvalue weighted by Crippen LogP contribution is 2.10. The molecule has 5 heteroatoms. The maximum atomic E-state index is 10.9. The first-order valence-electron chi connectivity index (χ1n) is 6.52. The summed E-state index contributed by atoms with van der Waals surface area (Å²) >= 11 is 0. The van der Waals surface area contributed by atoms with Crippen molar-refractivity contribution in [2.45, 2.75) is 20.4 Å². The minimum absolute atomic E-state index is 0.744. The van der Waals surface area contributed by atoms with Crippen molar-refractivity contribution in [3.8, 4) is 0 Å². The van der Waals surface area contributed by atoms with Crippen LogP contribution in [-0.2, 0) is 6.54 Å². The van der Waals surface area contributed by atoms with Crippen LogP contribution in [0.3, 0.4) is 0 Å². The van der Waals surface area contributed by atoms with Gasteiger partial charge in [0, 0.05) is 38.4 Å². The van der Waals surface area contributed by atoms with Crippen LogP contribution in [0.4, 0.5) is 0 Å². The first-order valence-corrected chi connectivity index (χ1v) is 6.52. The van der Waals surface area contributed by atoms with E-state index >= 15 is 0 Å². The Balaban J connectivity index is 1.92. The van der Waals surface area contributed by atoms with Crippen LogP contribution in [0.1, 0.15) is 21.7 Å². The highest BCUT2D eigenvalue weighted by Gasteiger charge is 2.15. The van der Waals surface area contributed by atoms with Gasteiger partial charge >= 0.3 is 0 Å². The van der Waals surface area contributed by atoms with Crippen molar-refractivity contribution in [2.24, 2.45) is 0 Å². The Morgan fingerprint density at radius 1 is 1.17 bits per heavy atom. The van der Waals surface area contributed by atoms with Gasteiger partial charge in [-0.05, 0) is 20.9 Å². The molecule has 0 N–H and O–H groups in total. The Bertz CT molecular complexity index is 419. The van der Waals surface area contributed by atoms with E-state index in [-0.39, 0.29) is 0 Å². The van der Waals surface area contributed by atoms with Gasteiger partial charge in [-0.15, -0.1) is 0 Å². The summed E-state index contributed by atoms with van der Waals surface area (Å²) in [6.07, 6.45) is 0.907. The van der Waals surface area contributed by atoms with Crippen LogP contribution in [0.15, 0.2) is 0 Å². The van der Waals surface area contributed by atoms with Gasteiger partial charge in [-0.1, -0.05) is 0 Å². The summed E-state index contributed by atoms with van der Waals surface area (Å²) in [5.74, 6) is 0. The number of aryl methyl sites for hydroxylation is 1. The number of likely N-dealkylation sites (N-methyl/N-ethyl adjacent to an activating group) is 1. The summed E-state index contributed by atoms with van der Waals surface area (Å²) in [6, 6.07) is 0. The molecule has 1 fully saturated rings. The number of aromatic nitrogens is 2. The molecule has 1 aromatic rings. The molecule has 1 aliphatic rings. The Morgan fingerprint density at radius 2 is 1.83 bits per heavy atom. The second-order valence-electron chi connectivity index (χ2n) is 5.07. The molecule has 0 amide bonds. The molecule has 0 radical (unpaired) electrons. The lowest BCUT2D eigenvalue weighted by atomic mass is 10.2. The van der Waals surface area contributed by atoms with E-state index in [9.17, 15) is 4.79 Å². The van der Waals surface area contributed by atoms with Gasteiger partial charge in [0.25, 0.3) is 0 Å². The third-order valence-corrected chi connectivity index (χ3v) is 3.78. The third-order valence-electron chi connectivity index (χ3n) is 3.78. The number of hydrogen-bond acceptors (Lipinski definition) is 4. The van der Waals surface area contributed by atoms with E-state index in [1.807, 2.05) is 18.5 Å². The summed E-state index contributed by atoms with van der Waals surface area (Å²) in [5, 5.41) is 4.43. The van der Waals surface area contributed by atoms with Gasteiger partial charge in [0.2, 0.25) is 0 Å². The fourth-order valence-corrected chi connectivity index (χ4v) is 2.41. The smallest absolute Gasteiger partial charge is 0.153 e. The zero-order valence-electron chi connectivity index (χ0n) is 11.5. The number of aldehydes is 1. The van der Waals surface area contributed by atoms with Gasteiger partial charge in [-0.3, -0.25) is 14.4 Å². The Hall–Kier alpha value is -1.20. The Labute approximate surface area is 108 Å². The van der Waals surface area contributed by atoms with Gasteiger partial charge in [0.05, 0.1) is 17.8 Å². The predicted molar refractivity (Wildman–Crippen MR) is 71.0 cm³/mol. The average Bonchev–Trinajstić information content (AvgIpc) is 2.63. The molecule has 0 spiro atoms. The van der Waals surface area contributed by atoms with Crippen LogP contribution in [0.2, 0.25) is 0 Å². The SMILES string of the molecule is Cc1nn(CCN2CCN(C)CC2)c(C)c1C=O. The van der Waals surface area contributed by atoms with Crippen LogP contribution in [0.25, 0.3) is 0 Å². The van der Waals surface area contributed by atoms with Gasteiger partial charge in [0.15, 0.2) is 6.29 Å². The predicted octanol–water partition coefficient (Wildman–Crippen LogP) is 0.560. The molecule has 2 rings (SSSR count). The average molecular weight is 250 g/mol. The van der Waals surface area contributed by atoms with Crippen molar-refractivity contribution in [3.05, 3.63) is 17.0 Å². The van der Waals surface area contributed by atoms with Crippen LogP contribution in [0, 0.1) is 13.8 Å². The molecule has 1 aromatic heterocycles. The van der Waals surface area contributed by atoms with E-state index < -0.39 is 0 Å². The molecule has 18 heavy (non-hydrogen) atoms. The summed E-state index contributed by atoms with van der Waals surface area (Å²) in [6.45, 7) is 10.2. The Morgan fingerprint density at radius 3 is 2.39 bits per heavy atom. The topological polar surface area (TPSA) is 41.4 Å². The molecule has 1 aliphatic heterocycles. The van der Waals surface area contributed by atoms with Crippen molar-refractivity contribution < 1.29 is 4.79 Å². The van der Waals surface area contributed by atoms with Gasteiger partial charge in [-0.2, -0.15) is 5.10 Å². The second-order valence-corrected chi connectivity index (χ2v) is 5.07. The van der Waals surface area contributed by atoms with Crippen molar-refractivity contribution in [1.29, 1.82) is 0 Å². The van der Waals surface area contributed by atoms with Crippen LogP contribution in [-0.4, -0.2) is 65.6 Å². The maximum Gasteiger partial charge on any atom is 0.153 e. The molecule has 0 aromatic carbocycles. The number of hydrogen-bond donors (Lipinski definition) is 0. The van der Waals surface area contributed by atoms with E-state index in [4.69, 9.17) is 0 Å². The fourth-order valence-electron chi connectivity index (χ4n) is 2.41.